The molecule has 3 rings (SSSR count). The summed E-state index contributed by atoms with van der Waals surface area (Å²) in [5, 5.41) is 32.7. The van der Waals surface area contributed by atoms with Crippen molar-refractivity contribution in [3.63, 3.8) is 0 Å². The van der Waals surface area contributed by atoms with Crippen molar-refractivity contribution in [1.82, 2.24) is 15.6 Å². The second-order valence-electron chi connectivity index (χ2n) is 6.40. The first kappa shape index (κ1) is 21.3. The van der Waals surface area contributed by atoms with E-state index < -0.39 is 30.4 Å². The summed E-state index contributed by atoms with van der Waals surface area (Å²) in [4.78, 5) is 23.3. The van der Waals surface area contributed by atoms with Crippen molar-refractivity contribution in [2.24, 2.45) is 0 Å². The summed E-state index contributed by atoms with van der Waals surface area (Å²) in [6.07, 6.45) is -1.75. The van der Waals surface area contributed by atoms with Crippen molar-refractivity contribution in [3.8, 4) is 17.0 Å². The summed E-state index contributed by atoms with van der Waals surface area (Å²) in [6.45, 7) is -0.415. The van der Waals surface area contributed by atoms with Gasteiger partial charge < -0.3 is 19.8 Å². The lowest BCUT2D eigenvalue weighted by Crippen LogP contribution is -2.47. The number of hydrogen-bond acceptors (Lipinski definition) is 7. The van der Waals surface area contributed by atoms with Crippen LogP contribution in [0.2, 0.25) is 5.02 Å². The Morgan fingerprint density at radius 1 is 1.13 bits per heavy atom. The molecule has 30 heavy (non-hydrogen) atoms. The van der Waals surface area contributed by atoms with Crippen LogP contribution in [0.3, 0.4) is 0 Å². The fourth-order valence-corrected chi connectivity index (χ4v) is 2.94. The number of benzene rings is 2. The van der Waals surface area contributed by atoms with E-state index in [0.717, 1.165) is 17.2 Å². The number of carbonyl (C=O) groups is 2. The standard InChI is InChI=1S/C20H18ClN3O6/c21-15-8-13(12-4-2-1-3-5-12)6-7-14(15)10-24(11-16(25)20(28)29)22-19(27)17-9-18(26)23-30-17/h1-9,16,25H,10-11H2,(H,22,27)(H,23,26)(H,28,29)/t16-/m1/s1. The molecule has 0 radical (unpaired) electrons. The molecule has 0 fully saturated rings. The summed E-state index contributed by atoms with van der Waals surface area (Å²) in [5.41, 5.74) is 4.88. The first-order chi connectivity index (χ1) is 14.3. The Morgan fingerprint density at radius 3 is 2.47 bits per heavy atom. The molecule has 1 aromatic heterocycles. The fourth-order valence-electron chi connectivity index (χ4n) is 2.70. The monoisotopic (exact) mass is 431 g/mol. The zero-order chi connectivity index (χ0) is 21.7. The smallest absolute Gasteiger partial charge is 0.333 e. The highest BCUT2D eigenvalue weighted by molar-refractivity contribution is 6.31. The van der Waals surface area contributed by atoms with Crippen molar-refractivity contribution < 1.29 is 29.4 Å². The van der Waals surface area contributed by atoms with E-state index in [9.17, 15) is 19.8 Å². The van der Waals surface area contributed by atoms with Crippen LogP contribution >= 0.6 is 11.6 Å². The Balaban J connectivity index is 1.79. The van der Waals surface area contributed by atoms with Crippen molar-refractivity contribution in [3.05, 3.63) is 70.9 Å². The predicted molar refractivity (Wildman–Crippen MR) is 107 cm³/mol. The lowest BCUT2D eigenvalue weighted by Gasteiger charge is -2.24. The number of aliphatic carboxylic acids is 1. The van der Waals surface area contributed by atoms with Gasteiger partial charge in [-0.2, -0.15) is 0 Å². The van der Waals surface area contributed by atoms with E-state index in [1.807, 2.05) is 36.4 Å². The molecule has 0 aliphatic rings. The lowest BCUT2D eigenvalue weighted by atomic mass is 10.0. The van der Waals surface area contributed by atoms with Crippen LogP contribution in [0.15, 0.2) is 59.1 Å². The normalized spacial score (nSPS) is 12.0. The Bertz CT molecular complexity index is 1040. The van der Waals surface area contributed by atoms with Crippen molar-refractivity contribution in [2.75, 3.05) is 6.54 Å². The van der Waals surface area contributed by atoms with Crippen LogP contribution in [0.4, 0.5) is 0 Å². The third-order valence-corrected chi connectivity index (χ3v) is 4.53. The summed E-state index contributed by atoms with van der Waals surface area (Å²) >= 11 is 6.40. The first-order valence-electron chi connectivity index (χ1n) is 8.80. The van der Waals surface area contributed by atoms with Crippen LogP contribution < -0.4 is 5.43 Å². The number of carboxylic acids is 1. The number of aromatic nitrogens is 1. The Morgan fingerprint density at radius 2 is 1.87 bits per heavy atom. The largest absolute Gasteiger partial charge is 0.491 e. The van der Waals surface area contributed by atoms with E-state index in [2.05, 4.69) is 15.1 Å². The molecule has 9 nitrogen and oxygen atoms in total. The number of carboxylic acid groups (broad SMARTS) is 1. The summed E-state index contributed by atoms with van der Waals surface area (Å²) in [5.74, 6) is -2.99. The van der Waals surface area contributed by atoms with Crippen molar-refractivity contribution in [1.29, 1.82) is 0 Å². The minimum Gasteiger partial charge on any atom is -0.491 e. The van der Waals surface area contributed by atoms with E-state index in [0.29, 0.717) is 10.6 Å². The van der Waals surface area contributed by atoms with Gasteiger partial charge in [0.05, 0.1) is 12.6 Å². The quantitative estimate of drug-likeness (QED) is 0.399. The van der Waals surface area contributed by atoms with Gasteiger partial charge in [0.15, 0.2) is 6.10 Å². The molecule has 0 aliphatic heterocycles. The minimum atomic E-state index is -1.75. The van der Waals surface area contributed by atoms with Crippen LogP contribution in [0.5, 0.6) is 5.88 Å². The maximum atomic E-state index is 12.3. The molecule has 1 heterocycles. The number of nitrogens with one attached hydrogen (secondary N) is 1. The fraction of sp³-hybridized carbons (Fsp3) is 0.150. The van der Waals surface area contributed by atoms with Crippen LogP contribution in [0, 0.1) is 0 Å². The van der Waals surface area contributed by atoms with E-state index in [4.69, 9.17) is 16.7 Å². The van der Waals surface area contributed by atoms with Crippen LogP contribution in [-0.2, 0) is 11.3 Å². The van der Waals surface area contributed by atoms with Gasteiger partial charge in [0, 0.05) is 11.6 Å². The molecular formula is C20H18ClN3O6. The van der Waals surface area contributed by atoms with Gasteiger partial charge in [0.2, 0.25) is 5.76 Å². The molecule has 1 atom stereocenters. The number of hydrazine groups is 1. The number of hydrogen-bond donors (Lipinski definition) is 4. The number of rotatable bonds is 8. The number of nitrogens with zero attached hydrogens (tertiary/aromatic N) is 2. The summed E-state index contributed by atoms with van der Waals surface area (Å²) < 4.78 is 4.67. The molecule has 0 spiro atoms. The Kier molecular flexibility index (Phi) is 6.68. The molecule has 0 unspecified atom stereocenters. The molecule has 4 N–H and O–H groups in total. The first-order valence-corrected chi connectivity index (χ1v) is 9.17. The van der Waals surface area contributed by atoms with Crippen LogP contribution in [0.25, 0.3) is 11.1 Å². The number of amides is 1. The van der Waals surface area contributed by atoms with Gasteiger partial charge in [0.1, 0.15) is 0 Å². The van der Waals surface area contributed by atoms with Crippen LogP contribution in [-0.4, -0.2) is 50.0 Å². The van der Waals surface area contributed by atoms with Crippen molar-refractivity contribution >= 4 is 23.5 Å². The zero-order valence-corrected chi connectivity index (χ0v) is 16.3. The second-order valence-corrected chi connectivity index (χ2v) is 6.80. The number of aliphatic hydroxyl groups is 1. The Labute approximate surface area is 176 Å². The minimum absolute atomic E-state index is 0.00407. The van der Waals surface area contributed by atoms with E-state index in [-0.39, 0.29) is 12.3 Å². The van der Waals surface area contributed by atoms with Crippen molar-refractivity contribution in [2.45, 2.75) is 12.6 Å². The molecule has 3 aromatic rings. The highest BCUT2D eigenvalue weighted by Crippen LogP contribution is 2.26. The van der Waals surface area contributed by atoms with Gasteiger partial charge in [0.25, 0.3) is 5.88 Å². The lowest BCUT2D eigenvalue weighted by molar-refractivity contribution is -0.148. The van der Waals surface area contributed by atoms with E-state index in [1.54, 1.807) is 12.1 Å². The average Bonchev–Trinajstić information content (AvgIpc) is 3.16. The summed E-state index contributed by atoms with van der Waals surface area (Å²) in [6, 6.07) is 15.9. The number of aliphatic hydroxyl groups excluding tert-OH is 1. The number of aromatic hydroxyl groups is 1. The predicted octanol–water partition coefficient (Wildman–Crippen LogP) is 2.29. The molecule has 156 valence electrons. The van der Waals surface area contributed by atoms with E-state index >= 15 is 0 Å². The molecule has 10 heteroatoms. The highest BCUT2D eigenvalue weighted by Gasteiger charge is 2.23. The molecule has 0 bridgehead atoms. The zero-order valence-electron chi connectivity index (χ0n) is 15.5. The van der Waals surface area contributed by atoms with Gasteiger partial charge in [-0.15, -0.1) is 0 Å². The second kappa shape index (κ2) is 9.40. The molecular weight excluding hydrogens is 414 g/mol. The van der Waals surface area contributed by atoms with Gasteiger partial charge >= 0.3 is 11.9 Å². The van der Waals surface area contributed by atoms with E-state index in [1.165, 1.54) is 5.01 Å². The summed E-state index contributed by atoms with van der Waals surface area (Å²) in [7, 11) is 0. The third kappa shape index (κ3) is 5.35. The molecule has 2 aromatic carbocycles. The van der Waals surface area contributed by atoms with Gasteiger partial charge in [-0.1, -0.05) is 54.1 Å². The van der Waals surface area contributed by atoms with Crippen LogP contribution in [0.1, 0.15) is 16.1 Å². The molecule has 0 saturated heterocycles. The molecule has 0 aliphatic carbocycles. The topological polar surface area (TPSA) is 136 Å². The van der Waals surface area contributed by atoms with Gasteiger partial charge in [-0.3, -0.25) is 10.2 Å². The number of carbonyl (C=O) groups excluding carboxylic acids is 1. The van der Waals surface area contributed by atoms with Gasteiger partial charge in [-0.25, -0.2) is 9.80 Å². The average molecular weight is 432 g/mol. The highest BCUT2D eigenvalue weighted by atomic mass is 35.5. The SMILES string of the molecule is O=C(NN(Cc1ccc(-c2ccccc2)cc1Cl)C[C@@H](O)C(=O)O)c1cc(O)no1. The Hall–Kier alpha value is -3.40. The maximum Gasteiger partial charge on any atom is 0.333 e. The third-order valence-electron chi connectivity index (χ3n) is 4.18. The molecule has 1 amide bonds. The maximum absolute atomic E-state index is 12.3. The number of halogens is 1. The molecule has 0 saturated carbocycles. The van der Waals surface area contributed by atoms with Gasteiger partial charge in [-0.05, 0) is 27.9 Å².